The standard InChI is InChI=1S/C16H23FN2O/c1-12(2)19-9-7-15(8-10-19)18-16(20)11-13-3-5-14(17)6-4-13/h3-6,12,15H,7-11H2,1-2H3,(H,18,20). The van der Waals surface area contributed by atoms with Crippen molar-refractivity contribution in [2.45, 2.75) is 45.2 Å². The van der Waals surface area contributed by atoms with Crippen LogP contribution in [0, 0.1) is 5.82 Å². The van der Waals surface area contributed by atoms with Gasteiger partial charge in [-0.1, -0.05) is 12.1 Å². The molecule has 1 amide bonds. The van der Waals surface area contributed by atoms with Gasteiger partial charge in [-0.25, -0.2) is 4.39 Å². The number of likely N-dealkylation sites (tertiary alicyclic amines) is 1. The fraction of sp³-hybridized carbons (Fsp3) is 0.562. The zero-order valence-electron chi connectivity index (χ0n) is 12.2. The van der Waals surface area contributed by atoms with E-state index in [1.807, 2.05) is 0 Å². The van der Waals surface area contributed by atoms with Crippen LogP contribution in [0.25, 0.3) is 0 Å². The molecule has 0 unspecified atom stereocenters. The third-order valence-electron chi connectivity index (χ3n) is 3.90. The molecule has 1 aliphatic rings. The Morgan fingerprint density at radius 3 is 2.45 bits per heavy atom. The van der Waals surface area contributed by atoms with Gasteiger partial charge in [-0.05, 0) is 44.4 Å². The van der Waals surface area contributed by atoms with Crippen molar-refractivity contribution in [1.82, 2.24) is 10.2 Å². The largest absolute Gasteiger partial charge is 0.353 e. The molecule has 3 nitrogen and oxygen atoms in total. The average molecular weight is 278 g/mol. The van der Waals surface area contributed by atoms with Gasteiger partial charge in [0.25, 0.3) is 0 Å². The predicted octanol–water partition coefficient (Wildman–Crippen LogP) is 2.36. The Bertz CT molecular complexity index is 436. The van der Waals surface area contributed by atoms with Crippen LogP contribution >= 0.6 is 0 Å². The number of hydrogen-bond acceptors (Lipinski definition) is 2. The van der Waals surface area contributed by atoms with Crippen molar-refractivity contribution in [3.8, 4) is 0 Å². The monoisotopic (exact) mass is 278 g/mol. The molecule has 4 heteroatoms. The van der Waals surface area contributed by atoms with Crippen LogP contribution in [0.4, 0.5) is 4.39 Å². The van der Waals surface area contributed by atoms with Crippen LogP contribution in [0.15, 0.2) is 24.3 Å². The summed E-state index contributed by atoms with van der Waals surface area (Å²) in [6, 6.07) is 6.96. The second-order valence-electron chi connectivity index (χ2n) is 5.77. The maximum absolute atomic E-state index is 12.8. The number of benzene rings is 1. The summed E-state index contributed by atoms with van der Waals surface area (Å²) in [7, 11) is 0. The number of carbonyl (C=O) groups is 1. The van der Waals surface area contributed by atoms with Gasteiger partial charge in [0.15, 0.2) is 0 Å². The van der Waals surface area contributed by atoms with E-state index in [9.17, 15) is 9.18 Å². The minimum absolute atomic E-state index is 0.0274. The van der Waals surface area contributed by atoms with E-state index in [-0.39, 0.29) is 17.8 Å². The molecule has 0 spiro atoms. The van der Waals surface area contributed by atoms with Crippen molar-refractivity contribution < 1.29 is 9.18 Å². The Morgan fingerprint density at radius 2 is 1.90 bits per heavy atom. The first-order valence-electron chi connectivity index (χ1n) is 7.32. The molecule has 0 saturated carbocycles. The topological polar surface area (TPSA) is 32.3 Å². The van der Waals surface area contributed by atoms with Gasteiger partial charge < -0.3 is 10.2 Å². The predicted molar refractivity (Wildman–Crippen MR) is 78.0 cm³/mol. The molecule has 1 saturated heterocycles. The second kappa shape index (κ2) is 6.84. The molecule has 0 atom stereocenters. The SMILES string of the molecule is CC(C)N1CCC(NC(=O)Cc2ccc(F)cc2)CC1. The molecule has 1 N–H and O–H groups in total. The summed E-state index contributed by atoms with van der Waals surface area (Å²) >= 11 is 0. The van der Waals surface area contributed by atoms with E-state index in [2.05, 4.69) is 24.1 Å². The molecule has 0 aromatic heterocycles. The fourth-order valence-corrected chi connectivity index (χ4v) is 2.63. The van der Waals surface area contributed by atoms with Crippen LogP contribution in [-0.4, -0.2) is 36.0 Å². The molecule has 1 fully saturated rings. The molecule has 0 aliphatic carbocycles. The van der Waals surface area contributed by atoms with Crippen molar-refractivity contribution in [2.24, 2.45) is 0 Å². The van der Waals surface area contributed by atoms with Gasteiger partial charge in [-0.15, -0.1) is 0 Å². The lowest BCUT2D eigenvalue weighted by atomic mass is 10.0. The van der Waals surface area contributed by atoms with Crippen molar-refractivity contribution in [3.63, 3.8) is 0 Å². The number of halogens is 1. The van der Waals surface area contributed by atoms with E-state index < -0.39 is 0 Å². The summed E-state index contributed by atoms with van der Waals surface area (Å²) in [5.41, 5.74) is 0.850. The normalized spacial score (nSPS) is 17.4. The Balaban J connectivity index is 1.77. The molecule has 20 heavy (non-hydrogen) atoms. The van der Waals surface area contributed by atoms with Crippen LogP contribution < -0.4 is 5.32 Å². The van der Waals surface area contributed by atoms with E-state index in [1.54, 1.807) is 12.1 Å². The van der Waals surface area contributed by atoms with Crippen molar-refractivity contribution in [1.29, 1.82) is 0 Å². The molecule has 2 rings (SSSR count). The van der Waals surface area contributed by atoms with E-state index >= 15 is 0 Å². The lowest BCUT2D eigenvalue weighted by Crippen LogP contribution is -2.46. The smallest absolute Gasteiger partial charge is 0.224 e. The third kappa shape index (κ3) is 4.30. The Kier molecular flexibility index (Phi) is 5.12. The molecular formula is C16H23FN2O. The molecule has 1 aliphatic heterocycles. The maximum Gasteiger partial charge on any atom is 0.224 e. The molecule has 0 bridgehead atoms. The summed E-state index contributed by atoms with van der Waals surface area (Å²) < 4.78 is 12.8. The lowest BCUT2D eigenvalue weighted by Gasteiger charge is -2.34. The van der Waals surface area contributed by atoms with Gasteiger partial charge >= 0.3 is 0 Å². The molecule has 0 radical (unpaired) electrons. The Morgan fingerprint density at radius 1 is 1.30 bits per heavy atom. The number of amides is 1. The highest BCUT2D eigenvalue weighted by molar-refractivity contribution is 5.78. The third-order valence-corrected chi connectivity index (χ3v) is 3.90. The van der Waals surface area contributed by atoms with Crippen molar-refractivity contribution in [3.05, 3.63) is 35.6 Å². The lowest BCUT2D eigenvalue weighted by molar-refractivity contribution is -0.121. The van der Waals surface area contributed by atoms with Gasteiger partial charge in [-0.2, -0.15) is 0 Å². The van der Waals surface area contributed by atoms with Crippen LogP contribution in [0.2, 0.25) is 0 Å². The Hall–Kier alpha value is -1.42. The fourth-order valence-electron chi connectivity index (χ4n) is 2.63. The highest BCUT2D eigenvalue weighted by atomic mass is 19.1. The number of nitrogens with one attached hydrogen (secondary N) is 1. The summed E-state index contributed by atoms with van der Waals surface area (Å²) in [5.74, 6) is -0.241. The minimum Gasteiger partial charge on any atom is -0.353 e. The number of piperidine rings is 1. The Labute approximate surface area is 120 Å². The number of hydrogen-bond donors (Lipinski definition) is 1. The average Bonchev–Trinajstić information content (AvgIpc) is 2.42. The zero-order valence-corrected chi connectivity index (χ0v) is 12.2. The second-order valence-corrected chi connectivity index (χ2v) is 5.77. The quantitative estimate of drug-likeness (QED) is 0.917. The van der Waals surface area contributed by atoms with E-state index in [4.69, 9.17) is 0 Å². The summed E-state index contributed by atoms with van der Waals surface area (Å²) in [6.07, 6.45) is 2.34. The molecule has 110 valence electrons. The van der Waals surface area contributed by atoms with Gasteiger partial charge in [0.2, 0.25) is 5.91 Å². The van der Waals surface area contributed by atoms with Gasteiger partial charge in [0, 0.05) is 25.2 Å². The van der Waals surface area contributed by atoms with Crippen molar-refractivity contribution in [2.75, 3.05) is 13.1 Å². The molecule has 1 heterocycles. The van der Waals surface area contributed by atoms with E-state index in [1.165, 1.54) is 12.1 Å². The first kappa shape index (κ1) is 15.0. The van der Waals surface area contributed by atoms with Crippen LogP contribution in [-0.2, 0) is 11.2 Å². The summed E-state index contributed by atoms with van der Waals surface area (Å²) in [6.45, 7) is 6.49. The molecule has 1 aromatic rings. The van der Waals surface area contributed by atoms with Gasteiger partial charge in [0.1, 0.15) is 5.82 Å². The first-order valence-corrected chi connectivity index (χ1v) is 7.32. The maximum atomic E-state index is 12.8. The van der Waals surface area contributed by atoms with E-state index in [0.29, 0.717) is 12.5 Å². The number of nitrogens with zero attached hydrogens (tertiary/aromatic N) is 1. The van der Waals surface area contributed by atoms with Crippen LogP contribution in [0.3, 0.4) is 0 Å². The van der Waals surface area contributed by atoms with Gasteiger partial charge in [0.05, 0.1) is 6.42 Å². The summed E-state index contributed by atoms with van der Waals surface area (Å²) in [5, 5.41) is 3.08. The molecule has 1 aromatic carbocycles. The highest BCUT2D eigenvalue weighted by Crippen LogP contribution is 2.13. The number of rotatable bonds is 4. The first-order chi connectivity index (χ1) is 9.54. The highest BCUT2D eigenvalue weighted by Gasteiger charge is 2.21. The zero-order chi connectivity index (χ0) is 14.5. The van der Waals surface area contributed by atoms with E-state index in [0.717, 1.165) is 31.5 Å². The minimum atomic E-state index is -0.268. The van der Waals surface area contributed by atoms with Crippen molar-refractivity contribution >= 4 is 5.91 Å². The molecular weight excluding hydrogens is 255 g/mol. The summed E-state index contributed by atoms with van der Waals surface area (Å²) in [4.78, 5) is 14.4. The van der Waals surface area contributed by atoms with Crippen LogP contribution in [0.5, 0.6) is 0 Å². The number of carbonyl (C=O) groups excluding carboxylic acids is 1. The van der Waals surface area contributed by atoms with Gasteiger partial charge in [-0.3, -0.25) is 4.79 Å². The van der Waals surface area contributed by atoms with Crippen LogP contribution in [0.1, 0.15) is 32.3 Å².